The number of rotatable bonds is 4. The number of hydrogen-bond acceptors (Lipinski definition) is 2. The molecule has 0 aromatic heterocycles. The van der Waals surface area contributed by atoms with Crippen molar-refractivity contribution in [1.82, 2.24) is 4.90 Å². The molecule has 5 heteroatoms. The van der Waals surface area contributed by atoms with Gasteiger partial charge < -0.3 is 5.32 Å². The van der Waals surface area contributed by atoms with Gasteiger partial charge >= 0.3 is 0 Å². The Hall–Kier alpha value is -1.13. The van der Waals surface area contributed by atoms with E-state index in [1.165, 1.54) is 18.6 Å². The monoisotopic (exact) mass is 328 g/mol. The summed E-state index contributed by atoms with van der Waals surface area (Å²) in [5, 5.41) is 3.02. The zero-order valence-corrected chi connectivity index (χ0v) is 14.4. The maximum Gasteiger partial charge on any atom is 0.241 e. The van der Waals surface area contributed by atoms with Gasteiger partial charge in [-0.1, -0.05) is 13.3 Å². The minimum atomic E-state index is -0.256. The summed E-state index contributed by atoms with van der Waals surface area (Å²) in [5.41, 5.74) is 2.31. The molecular formula is C17H26ClFN2O. The Morgan fingerprint density at radius 1 is 1.32 bits per heavy atom. The van der Waals surface area contributed by atoms with Gasteiger partial charge in [0.1, 0.15) is 5.82 Å². The lowest BCUT2D eigenvalue weighted by Gasteiger charge is -2.34. The van der Waals surface area contributed by atoms with Gasteiger partial charge in [0.2, 0.25) is 5.91 Å². The molecule has 0 spiro atoms. The SMILES string of the molecule is CCCN1CCCC[C@H]1C(=O)Nc1c(C)cc(F)cc1C.Cl. The van der Waals surface area contributed by atoms with Crippen LogP contribution in [0.5, 0.6) is 0 Å². The predicted molar refractivity (Wildman–Crippen MR) is 91.3 cm³/mol. The molecular weight excluding hydrogens is 303 g/mol. The fourth-order valence-corrected chi connectivity index (χ4v) is 3.16. The molecule has 1 aliphatic rings. The van der Waals surface area contributed by atoms with Crippen molar-refractivity contribution >= 4 is 24.0 Å². The summed E-state index contributed by atoms with van der Waals surface area (Å²) in [6.45, 7) is 7.75. The number of nitrogens with zero attached hydrogens (tertiary/aromatic N) is 1. The fourth-order valence-electron chi connectivity index (χ4n) is 3.16. The molecule has 1 amide bonds. The first kappa shape index (κ1) is 18.9. The molecule has 1 aromatic rings. The number of halogens is 2. The van der Waals surface area contributed by atoms with Gasteiger partial charge in [0.15, 0.2) is 0 Å². The third kappa shape index (κ3) is 4.43. The predicted octanol–water partition coefficient (Wildman–Crippen LogP) is 4.07. The highest BCUT2D eigenvalue weighted by Gasteiger charge is 2.28. The van der Waals surface area contributed by atoms with Crippen LogP contribution in [0.15, 0.2) is 12.1 Å². The highest BCUT2D eigenvalue weighted by atomic mass is 35.5. The van der Waals surface area contributed by atoms with Crippen molar-refractivity contribution in [3.8, 4) is 0 Å². The number of carbonyl (C=O) groups excluding carboxylic acids is 1. The molecule has 0 saturated carbocycles. The minimum Gasteiger partial charge on any atom is -0.324 e. The molecule has 1 heterocycles. The molecule has 1 fully saturated rings. The third-order valence-electron chi connectivity index (χ3n) is 4.17. The molecule has 124 valence electrons. The number of benzene rings is 1. The minimum absolute atomic E-state index is 0. The summed E-state index contributed by atoms with van der Waals surface area (Å²) in [7, 11) is 0. The Balaban J connectivity index is 0.00000242. The molecule has 2 rings (SSSR count). The molecule has 0 radical (unpaired) electrons. The molecule has 1 aliphatic heterocycles. The van der Waals surface area contributed by atoms with E-state index in [2.05, 4.69) is 17.1 Å². The van der Waals surface area contributed by atoms with Crippen LogP contribution in [-0.2, 0) is 4.79 Å². The van der Waals surface area contributed by atoms with E-state index in [4.69, 9.17) is 0 Å². The number of anilines is 1. The van der Waals surface area contributed by atoms with E-state index in [9.17, 15) is 9.18 Å². The summed E-state index contributed by atoms with van der Waals surface area (Å²) in [6, 6.07) is 2.88. The van der Waals surface area contributed by atoms with E-state index in [1.54, 1.807) is 0 Å². The van der Waals surface area contributed by atoms with Gasteiger partial charge in [-0.25, -0.2) is 4.39 Å². The Morgan fingerprint density at radius 2 is 1.95 bits per heavy atom. The zero-order chi connectivity index (χ0) is 15.4. The first-order chi connectivity index (χ1) is 10.0. The zero-order valence-electron chi connectivity index (χ0n) is 13.6. The van der Waals surface area contributed by atoms with Gasteiger partial charge in [0, 0.05) is 5.69 Å². The van der Waals surface area contributed by atoms with Crippen LogP contribution in [-0.4, -0.2) is 29.9 Å². The Labute approximate surface area is 138 Å². The third-order valence-corrected chi connectivity index (χ3v) is 4.17. The van der Waals surface area contributed by atoms with Crippen molar-refractivity contribution in [3.05, 3.63) is 29.1 Å². The van der Waals surface area contributed by atoms with Crippen molar-refractivity contribution < 1.29 is 9.18 Å². The Morgan fingerprint density at radius 3 is 2.55 bits per heavy atom. The first-order valence-corrected chi connectivity index (χ1v) is 7.84. The lowest BCUT2D eigenvalue weighted by atomic mass is 10.0. The summed E-state index contributed by atoms with van der Waals surface area (Å²) < 4.78 is 13.3. The second-order valence-electron chi connectivity index (χ2n) is 5.95. The van der Waals surface area contributed by atoms with Gasteiger partial charge in [-0.2, -0.15) is 0 Å². The number of hydrogen-bond donors (Lipinski definition) is 1. The lowest BCUT2D eigenvalue weighted by Crippen LogP contribution is -2.47. The van der Waals surface area contributed by atoms with E-state index < -0.39 is 0 Å². The number of nitrogens with one attached hydrogen (secondary N) is 1. The van der Waals surface area contributed by atoms with E-state index in [1.807, 2.05) is 13.8 Å². The molecule has 3 nitrogen and oxygen atoms in total. The van der Waals surface area contributed by atoms with Crippen LogP contribution in [0.25, 0.3) is 0 Å². The van der Waals surface area contributed by atoms with E-state index >= 15 is 0 Å². The second kappa shape index (κ2) is 8.49. The van der Waals surface area contributed by atoms with E-state index in [0.717, 1.165) is 49.2 Å². The topological polar surface area (TPSA) is 32.3 Å². The highest BCUT2D eigenvalue weighted by molar-refractivity contribution is 5.96. The summed E-state index contributed by atoms with van der Waals surface area (Å²) in [4.78, 5) is 14.9. The van der Waals surface area contributed by atoms with Crippen LogP contribution in [0.3, 0.4) is 0 Å². The quantitative estimate of drug-likeness (QED) is 0.903. The number of aryl methyl sites for hydroxylation is 2. The number of amides is 1. The molecule has 22 heavy (non-hydrogen) atoms. The van der Waals surface area contributed by atoms with Crippen LogP contribution in [0, 0.1) is 19.7 Å². The molecule has 1 saturated heterocycles. The summed E-state index contributed by atoms with van der Waals surface area (Å²) >= 11 is 0. The molecule has 0 unspecified atom stereocenters. The number of carbonyl (C=O) groups is 1. The number of likely N-dealkylation sites (tertiary alicyclic amines) is 1. The van der Waals surface area contributed by atoms with Crippen molar-refractivity contribution in [2.24, 2.45) is 0 Å². The molecule has 0 aliphatic carbocycles. The summed E-state index contributed by atoms with van der Waals surface area (Å²) in [5.74, 6) is -0.214. The van der Waals surface area contributed by atoms with Crippen molar-refractivity contribution in [2.45, 2.75) is 52.5 Å². The van der Waals surface area contributed by atoms with Gasteiger partial charge in [0.05, 0.1) is 6.04 Å². The van der Waals surface area contributed by atoms with Gasteiger partial charge in [0.25, 0.3) is 0 Å². The largest absolute Gasteiger partial charge is 0.324 e. The van der Waals surface area contributed by atoms with E-state index in [-0.39, 0.29) is 30.2 Å². The van der Waals surface area contributed by atoms with Crippen LogP contribution >= 0.6 is 12.4 Å². The van der Waals surface area contributed by atoms with E-state index in [0.29, 0.717) is 0 Å². The second-order valence-corrected chi connectivity index (χ2v) is 5.95. The Bertz CT molecular complexity index is 496. The lowest BCUT2D eigenvalue weighted by molar-refractivity contribution is -0.122. The smallest absolute Gasteiger partial charge is 0.241 e. The molecule has 1 aromatic carbocycles. The maximum atomic E-state index is 13.3. The molecule has 1 N–H and O–H groups in total. The van der Waals surface area contributed by atoms with Crippen LogP contribution in [0.2, 0.25) is 0 Å². The average Bonchev–Trinajstić information content (AvgIpc) is 2.43. The summed E-state index contributed by atoms with van der Waals surface area (Å²) in [6.07, 6.45) is 4.22. The van der Waals surface area contributed by atoms with Gasteiger partial charge in [-0.15, -0.1) is 12.4 Å². The van der Waals surface area contributed by atoms with Crippen LogP contribution in [0.4, 0.5) is 10.1 Å². The normalized spacial score (nSPS) is 18.6. The maximum absolute atomic E-state index is 13.3. The number of piperidine rings is 1. The Kier molecular flexibility index (Phi) is 7.30. The molecule has 0 bridgehead atoms. The van der Waals surface area contributed by atoms with Crippen LogP contribution < -0.4 is 5.32 Å². The first-order valence-electron chi connectivity index (χ1n) is 7.84. The van der Waals surface area contributed by atoms with Gasteiger partial charge in [-0.05, 0) is 69.5 Å². The van der Waals surface area contributed by atoms with Crippen molar-refractivity contribution in [1.29, 1.82) is 0 Å². The van der Waals surface area contributed by atoms with Gasteiger partial charge in [-0.3, -0.25) is 9.69 Å². The highest BCUT2D eigenvalue weighted by Crippen LogP contribution is 2.24. The standard InChI is InChI=1S/C17H25FN2O.ClH/c1-4-8-20-9-6-5-7-15(20)17(21)19-16-12(2)10-14(18)11-13(16)3;/h10-11,15H,4-9H2,1-3H3,(H,19,21);1H/t15-;/m0./s1. The molecule has 1 atom stereocenters. The van der Waals surface area contributed by atoms with Crippen molar-refractivity contribution in [3.63, 3.8) is 0 Å². The van der Waals surface area contributed by atoms with Crippen LogP contribution in [0.1, 0.15) is 43.7 Å². The fraction of sp³-hybridized carbons (Fsp3) is 0.588. The van der Waals surface area contributed by atoms with Crippen molar-refractivity contribution in [2.75, 3.05) is 18.4 Å². The average molecular weight is 329 g/mol.